The van der Waals surface area contributed by atoms with E-state index in [0.717, 1.165) is 12.0 Å². The zero-order valence-electron chi connectivity index (χ0n) is 14.7. The van der Waals surface area contributed by atoms with E-state index in [1.54, 1.807) is 18.3 Å². The molecule has 27 heavy (non-hydrogen) atoms. The van der Waals surface area contributed by atoms with E-state index in [9.17, 15) is 9.59 Å². The summed E-state index contributed by atoms with van der Waals surface area (Å²) < 4.78 is 7.27. The molecule has 0 amide bonds. The summed E-state index contributed by atoms with van der Waals surface area (Å²) >= 11 is 0. The highest BCUT2D eigenvalue weighted by Crippen LogP contribution is 2.15. The Balaban J connectivity index is 1.46. The first-order valence-corrected chi connectivity index (χ1v) is 8.94. The minimum atomic E-state index is -0.431. The van der Waals surface area contributed by atoms with E-state index in [0.29, 0.717) is 18.7 Å². The number of Topliss-reactive ketones (excluding diaryl/α,β-unsaturated/α-hetero) is 1. The zero-order valence-corrected chi connectivity index (χ0v) is 14.7. The first kappa shape index (κ1) is 17.5. The summed E-state index contributed by atoms with van der Waals surface area (Å²) in [5.74, 6) is -0.0928. The quantitative estimate of drug-likeness (QED) is 0.710. The number of carbonyl (C=O) groups excluding carboxylic acids is 1. The van der Waals surface area contributed by atoms with E-state index < -0.39 is 6.04 Å². The van der Waals surface area contributed by atoms with Crippen LogP contribution in [0.5, 0.6) is 0 Å². The highest BCUT2D eigenvalue weighted by atomic mass is 16.5. The van der Waals surface area contributed by atoms with Crippen molar-refractivity contribution in [2.45, 2.75) is 31.7 Å². The number of ketones is 1. The Kier molecular flexibility index (Phi) is 5.04. The SMILES string of the molecule is O=C(Cn1cnc2cccnc2c1=O)[C@H]1NCC[C@@H]1OCc1ccccc1. The van der Waals surface area contributed by atoms with Gasteiger partial charge in [-0.15, -0.1) is 0 Å². The number of rotatable bonds is 6. The summed E-state index contributed by atoms with van der Waals surface area (Å²) in [5, 5.41) is 3.19. The Morgan fingerprint density at radius 3 is 2.89 bits per heavy atom. The Labute approximate surface area is 156 Å². The third kappa shape index (κ3) is 3.79. The van der Waals surface area contributed by atoms with Crippen molar-refractivity contribution in [3.63, 3.8) is 0 Å². The molecule has 0 saturated carbocycles. The zero-order chi connectivity index (χ0) is 18.6. The van der Waals surface area contributed by atoms with Gasteiger partial charge in [-0.3, -0.25) is 14.2 Å². The summed E-state index contributed by atoms with van der Waals surface area (Å²) in [6, 6.07) is 12.9. The van der Waals surface area contributed by atoms with Crippen LogP contribution in [0, 0.1) is 0 Å². The van der Waals surface area contributed by atoms with E-state index in [1.165, 1.54) is 10.9 Å². The van der Waals surface area contributed by atoms with Gasteiger partial charge in [-0.25, -0.2) is 9.97 Å². The van der Waals surface area contributed by atoms with Crippen LogP contribution in [0.25, 0.3) is 11.0 Å². The first-order chi connectivity index (χ1) is 13.2. The first-order valence-electron chi connectivity index (χ1n) is 8.94. The molecule has 1 fully saturated rings. The number of pyridine rings is 1. The molecule has 138 valence electrons. The monoisotopic (exact) mass is 364 g/mol. The summed E-state index contributed by atoms with van der Waals surface area (Å²) in [7, 11) is 0. The largest absolute Gasteiger partial charge is 0.371 e. The molecule has 0 spiro atoms. The Bertz CT molecular complexity index is 1000. The van der Waals surface area contributed by atoms with Gasteiger partial charge in [-0.1, -0.05) is 30.3 Å². The molecule has 1 saturated heterocycles. The third-order valence-corrected chi connectivity index (χ3v) is 4.73. The molecular weight excluding hydrogens is 344 g/mol. The molecule has 4 rings (SSSR count). The second kappa shape index (κ2) is 7.77. The Hall–Kier alpha value is -2.90. The van der Waals surface area contributed by atoms with Gasteiger partial charge in [0, 0.05) is 6.20 Å². The molecule has 1 aromatic carbocycles. The average molecular weight is 364 g/mol. The molecule has 0 bridgehead atoms. The van der Waals surface area contributed by atoms with Gasteiger partial charge in [0.1, 0.15) is 0 Å². The number of nitrogens with zero attached hydrogens (tertiary/aromatic N) is 3. The van der Waals surface area contributed by atoms with Gasteiger partial charge < -0.3 is 10.1 Å². The standard InChI is InChI=1S/C20H20N4O3/c25-16(11-24-13-23-15-7-4-9-21-18(15)20(24)26)19-17(8-10-22-19)27-12-14-5-2-1-3-6-14/h1-7,9,13,17,19,22H,8,10-12H2/t17-,19+/m0/s1. The van der Waals surface area contributed by atoms with Gasteiger partial charge in [0.05, 0.1) is 37.1 Å². The lowest BCUT2D eigenvalue weighted by atomic mass is 10.1. The van der Waals surface area contributed by atoms with Gasteiger partial charge in [-0.2, -0.15) is 0 Å². The predicted molar refractivity (Wildman–Crippen MR) is 100 cm³/mol. The number of fused-ring (bicyclic) bond motifs is 1. The van der Waals surface area contributed by atoms with Crippen LogP contribution >= 0.6 is 0 Å². The van der Waals surface area contributed by atoms with Crippen molar-refractivity contribution in [3.05, 3.63) is 70.9 Å². The molecule has 2 atom stereocenters. The second-order valence-corrected chi connectivity index (χ2v) is 6.57. The Morgan fingerprint density at radius 2 is 2.04 bits per heavy atom. The molecule has 3 aromatic rings. The van der Waals surface area contributed by atoms with Gasteiger partial charge >= 0.3 is 0 Å². The van der Waals surface area contributed by atoms with Crippen LogP contribution in [0.1, 0.15) is 12.0 Å². The minimum Gasteiger partial charge on any atom is -0.371 e. The number of benzene rings is 1. The number of hydrogen-bond acceptors (Lipinski definition) is 6. The van der Waals surface area contributed by atoms with Gasteiger partial charge in [-0.05, 0) is 30.7 Å². The number of carbonyl (C=O) groups is 1. The number of nitrogens with one attached hydrogen (secondary N) is 1. The van der Waals surface area contributed by atoms with E-state index in [4.69, 9.17) is 4.74 Å². The van der Waals surface area contributed by atoms with Crippen molar-refractivity contribution >= 4 is 16.8 Å². The molecule has 2 aromatic heterocycles. The van der Waals surface area contributed by atoms with Crippen molar-refractivity contribution < 1.29 is 9.53 Å². The molecule has 1 N–H and O–H groups in total. The van der Waals surface area contributed by atoms with Crippen LogP contribution in [0.15, 0.2) is 59.8 Å². The van der Waals surface area contributed by atoms with Gasteiger partial charge in [0.15, 0.2) is 11.3 Å². The fourth-order valence-corrected chi connectivity index (χ4v) is 3.32. The van der Waals surface area contributed by atoms with Crippen LogP contribution in [0.4, 0.5) is 0 Å². The van der Waals surface area contributed by atoms with Gasteiger partial charge in [0.25, 0.3) is 5.56 Å². The van der Waals surface area contributed by atoms with E-state index in [2.05, 4.69) is 15.3 Å². The lowest BCUT2D eigenvalue weighted by Crippen LogP contribution is -2.42. The summed E-state index contributed by atoms with van der Waals surface area (Å²) in [4.78, 5) is 33.6. The van der Waals surface area contributed by atoms with Crippen LogP contribution in [-0.4, -0.2) is 39.0 Å². The van der Waals surface area contributed by atoms with Crippen LogP contribution < -0.4 is 10.9 Å². The number of hydrogen-bond donors (Lipinski definition) is 1. The van der Waals surface area contributed by atoms with Crippen molar-refractivity contribution in [2.24, 2.45) is 0 Å². The van der Waals surface area contributed by atoms with Gasteiger partial charge in [0.2, 0.25) is 0 Å². The van der Waals surface area contributed by atoms with Crippen molar-refractivity contribution in [1.29, 1.82) is 0 Å². The third-order valence-electron chi connectivity index (χ3n) is 4.73. The average Bonchev–Trinajstić information content (AvgIpc) is 3.18. The summed E-state index contributed by atoms with van der Waals surface area (Å²) in [6.07, 6.45) is 3.50. The number of aromatic nitrogens is 3. The highest BCUT2D eigenvalue weighted by Gasteiger charge is 2.33. The fraction of sp³-hybridized carbons (Fsp3) is 0.300. The van der Waals surface area contributed by atoms with Crippen LogP contribution in [-0.2, 0) is 22.7 Å². The molecule has 7 nitrogen and oxygen atoms in total. The molecule has 0 radical (unpaired) electrons. The molecule has 0 unspecified atom stereocenters. The summed E-state index contributed by atoms with van der Waals surface area (Å²) in [6.45, 7) is 1.11. The lowest BCUT2D eigenvalue weighted by Gasteiger charge is -2.19. The molecule has 3 heterocycles. The van der Waals surface area contributed by atoms with Crippen molar-refractivity contribution in [3.8, 4) is 0 Å². The topological polar surface area (TPSA) is 86.1 Å². The van der Waals surface area contributed by atoms with Crippen LogP contribution in [0.3, 0.4) is 0 Å². The maximum absolute atomic E-state index is 12.8. The number of ether oxygens (including phenoxy) is 1. The lowest BCUT2D eigenvalue weighted by molar-refractivity contribution is -0.124. The van der Waals surface area contributed by atoms with E-state index in [1.807, 2.05) is 30.3 Å². The maximum Gasteiger partial charge on any atom is 0.280 e. The Morgan fingerprint density at radius 1 is 1.19 bits per heavy atom. The molecule has 0 aliphatic carbocycles. The van der Waals surface area contributed by atoms with Crippen molar-refractivity contribution in [1.82, 2.24) is 19.9 Å². The predicted octanol–water partition coefficient (Wildman–Crippen LogP) is 1.31. The summed E-state index contributed by atoms with van der Waals surface area (Å²) in [5.41, 5.74) is 1.55. The maximum atomic E-state index is 12.8. The molecular formula is C20H20N4O3. The van der Waals surface area contributed by atoms with E-state index in [-0.39, 0.29) is 29.5 Å². The smallest absolute Gasteiger partial charge is 0.280 e. The molecule has 1 aliphatic rings. The second-order valence-electron chi connectivity index (χ2n) is 6.57. The van der Waals surface area contributed by atoms with Crippen LogP contribution in [0.2, 0.25) is 0 Å². The highest BCUT2D eigenvalue weighted by molar-refractivity contribution is 5.85. The molecule has 7 heteroatoms. The fourth-order valence-electron chi connectivity index (χ4n) is 3.32. The normalized spacial score (nSPS) is 19.4. The van der Waals surface area contributed by atoms with Crippen molar-refractivity contribution in [2.75, 3.05) is 6.54 Å². The minimum absolute atomic E-state index is 0.0544. The molecule has 1 aliphatic heterocycles. The van der Waals surface area contributed by atoms with E-state index >= 15 is 0 Å².